The Kier molecular flexibility index (Phi) is 4.15. The Morgan fingerprint density at radius 3 is 2.42 bits per heavy atom. The predicted molar refractivity (Wildman–Crippen MR) is 103 cm³/mol. The van der Waals surface area contributed by atoms with Crippen molar-refractivity contribution >= 4 is 23.1 Å². The summed E-state index contributed by atoms with van der Waals surface area (Å²) in [6, 6.07) is 22.8. The van der Waals surface area contributed by atoms with E-state index in [9.17, 15) is 9.18 Å². The lowest BCUT2D eigenvalue weighted by atomic mass is 10.2. The number of para-hydroxylation sites is 1. The number of aromatic nitrogens is 2. The molecule has 0 saturated heterocycles. The van der Waals surface area contributed by atoms with E-state index in [1.807, 2.05) is 42.5 Å². The van der Waals surface area contributed by atoms with Gasteiger partial charge in [0.15, 0.2) is 0 Å². The number of rotatable bonds is 3. The molecule has 0 aliphatic rings. The van der Waals surface area contributed by atoms with Crippen molar-refractivity contribution in [3.8, 4) is 5.69 Å². The first-order valence-corrected chi connectivity index (χ1v) is 8.23. The zero-order valence-corrected chi connectivity index (χ0v) is 13.8. The molecule has 4 rings (SSSR count). The maximum absolute atomic E-state index is 13.7. The molecule has 0 aliphatic carbocycles. The monoisotopic (exact) mass is 342 g/mol. The van der Waals surface area contributed by atoms with Gasteiger partial charge in [0.2, 0.25) is 0 Å². The molecule has 1 heterocycles. The Balaban J connectivity index is 1.97. The van der Waals surface area contributed by atoms with Crippen LogP contribution in [0.2, 0.25) is 0 Å². The average molecular weight is 342 g/mol. The van der Waals surface area contributed by atoms with Gasteiger partial charge in [-0.2, -0.15) is 0 Å². The van der Waals surface area contributed by atoms with Crippen LogP contribution >= 0.6 is 0 Å². The first-order valence-electron chi connectivity index (χ1n) is 8.23. The van der Waals surface area contributed by atoms with E-state index in [4.69, 9.17) is 0 Å². The lowest BCUT2D eigenvalue weighted by Crippen LogP contribution is -2.22. The minimum absolute atomic E-state index is 0.228. The number of fused-ring (bicyclic) bond motifs is 1. The summed E-state index contributed by atoms with van der Waals surface area (Å²) in [7, 11) is 0. The molecule has 4 heteroatoms. The number of hydrogen-bond acceptors (Lipinski definition) is 2. The van der Waals surface area contributed by atoms with Crippen molar-refractivity contribution in [1.82, 2.24) is 9.55 Å². The second-order valence-electron chi connectivity index (χ2n) is 5.85. The van der Waals surface area contributed by atoms with Crippen LogP contribution in [-0.2, 0) is 0 Å². The van der Waals surface area contributed by atoms with E-state index in [1.165, 1.54) is 16.7 Å². The molecule has 26 heavy (non-hydrogen) atoms. The summed E-state index contributed by atoms with van der Waals surface area (Å²) in [5, 5.41) is 0.494. The van der Waals surface area contributed by atoms with Gasteiger partial charge in [-0.25, -0.2) is 9.37 Å². The third kappa shape index (κ3) is 3.05. The van der Waals surface area contributed by atoms with Gasteiger partial charge in [-0.05, 0) is 42.0 Å². The van der Waals surface area contributed by atoms with Crippen LogP contribution in [0.15, 0.2) is 83.7 Å². The fourth-order valence-electron chi connectivity index (χ4n) is 2.86. The van der Waals surface area contributed by atoms with Gasteiger partial charge < -0.3 is 0 Å². The van der Waals surface area contributed by atoms with Gasteiger partial charge in [0, 0.05) is 0 Å². The second kappa shape index (κ2) is 6.76. The first kappa shape index (κ1) is 16.0. The van der Waals surface area contributed by atoms with Gasteiger partial charge in [-0.15, -0.1) is 0 Å². The zero-order valence-electron chi connectivity index (χ0n) is 13.8. The van der Waals surface area contributed by atoms with Crippen molar-refractivity contribution in [2.75, 3.05) is 0 Å². The maximum atomic E-state index is 13.7. The average Bonchev–Trinajstić information content (AvgIpc) is 2.67. The van der Waals surface area contributed by atoms with Gasteiger partial charge in [-0.3, -0.25) is 9.36 Å². The molecular weight excluding hydrogens is 327 g/mol. The smallest absolute Gasteiger partial charge is 0.266 e. The fraction of sp³-hybridized carbons (Fsp3) is 0. The van der Waals surface area contributed by atoms with E-state index in [1.54, 1.807) is 36.4 Å². The molecule has 0 unspecified atom stereocenters. The van der Waals surface area contributed by atoms with Crippen LogP contribution in [0.25, 0.3) is 28.7 Å². The van der Waals surface area contributed by atoms with Crippen LogP contribution < -0.4 is 5.56 Å². The van der Waals surface area contributed by atoms with Gasteiger partial charge in [0.05, 0.1) is 16.6 Å². The van der Waals surface area contributed by atoms with Crippen LogP contribution in [0.4, 0.5) is 4.39 Å². The summed E-state index contributed by atoms with van der Waals surface area (Å²) in [6.45, 7) is 0. The molecule has 0 saturated carbocycles. The van der Waals surface area contributed by atoms with E-state index >= 15 is 0 Å². The topological polar surface area (TPSA) is 34.9 Å². The van der Waals surface area contributed by atoms with Crippen molar-refractivity contribution in [2.45, 2.75) is 0 Å². The highest BCUT2D eigenvalue weighted by Gasteiger charge is 2.11. The van der Waals surface area contributed by atoms with Crippen molar-refractivity contribution in [3.63, 3.8) is 0 Å². The van der Waals surface area contributed by atoms with Crippen molar-refractivity contribution in [2.24, 2.45) is 0 Å². The number of halogens is 1. The minimum Gasteiger partial charge on any atom is -0.268 e. The van der Waals surface area contributed by atoms with Crippen LogP contribution in [0, 0.1) is 5.82 Å². The molecule has 126 valence electrons. The Morgan fingerprint density at radius 1 is 0.846 bits per heavy atom. The lowest BCUT2D eigenvalue weighted by molar-refractivity contribution is 0.626. The van der Waals surface area contributed by atoms with Crippen LogP contribution in [0.1, 0.15) is 11.4 Å². The quantitative estimate of drug-likeness (QED) is 0.541. The highest BCUT2D eigenvalue weighted by Crippen LogP contribution is 2.16. The summed E-state index contributed by atoms with van der Waals surface area (Å²) in [5.41, 5.74) is 1.81. The summed E-state index contributed by atoms with van der Waals surface area (Å²) >= 11 is 0. The molecule has 3 nitrogen and oxygen atoms in total. The molecule has 0 bridgehead atoms. The zero-order chi connectivity index (χ0) is 17.9. The molecule has 0 fully saturated rings. The summed E-state index contributed by atoms with van der Waals surface area (Å²) in [6.07, 6.45) is 3.65. The van der Waals surface area contributed by atoms with Gasteiger partial charge >= 0.3 is 0 Å². The number of hydrogen-bond donors (Lipinski definition) is 0. The van der Waals surface area contributed by atoms with Crippen LogP contribution in [-0.4, -0.2) is 9.55 Å². The molecule has 1 aromatic heterocycles. The Hall–Kier alpha value is -3.53. The number of benzene rings is 3. The molecule has 0 N–H and O–H groups in total. The van der Waals surface area contributed by atoms with Crippen LogP contribution in [0.3, 0.4) is 0 Å². The molecular formula is C22H15FN2O. The van der Waals surface area contributed by atoms with E-state index in [2.05, 4.69) is 4.98 Å². The Morgan fingerprint density at radius 2 is 1.62 bits per heavy atom. The maximum Gasteiger partial charge on any atom is 0.266 e. The van der Waals surface area contributed by atoms with Crippen molar-refractivity contribution < 1.29 is 4.39 Å². The molecule has 3 aromatic carbocycles. The summed E-state index contributed by atoms with van der Waals surface area (Å²) < 4.78 is 15.2. The first-order chi connectivity index (χ1) is 12.7. The predicted octanol–water partition coefficient (Wildman–Crippen LogP) is 4.70. The third-order valence-corrected chi connectivity index (χ3v) is 4.09. The highest BCUT2D eigenvalue weighted by atomic mass is 19.1. The third-order valence-electron chi connectivity index (χ3n) is 4.09. The molecule has 0 radical (unpaired) electrons. The van der Waals surface area contributed by atoms with E-state index in [0.29, 0.717) is 22.4 Å². The van der Waals surface area contributed by atoms with E-state index < -0.39 is 5.82 Å². The minimum atomic E-state index is -0.402. The normalized spacial score (nSPS) is 11.3. The molecule has 0 amide bonds. The molecule has 0 spiro atoms. The van der Waals surface area contributed by atoms with E-state index in [-0.39, 0.29) is 5.56 Å². The van der Waals surface area contributed by atoms with Gasteiger partial charge in [-0.1, -0.05) is 54.6 Å². The largest absolute Gasteiger partial charge is 0.268 e. The lowest BCUT2D eigenvalue weighted by Gasteiger charge is -2.11. The molecule has 0 aliphatic heterocycles. The Bertz CT molecular complexity index is 1160. The SMILES string of the molecule is O=c1c2ccccc2nc(/C=C/c2ccccc2)n1-c1cccc(F)c1. The van der Waals surface area contributed by atoms with Crippen molar-refractivity contribution in [1.29, 1.82) is 0 Å². The van der Waals surface area contributed by atoms with Gasteiger partial charge in [0.1, 0.15) is 11.6 Å². The second-order valence-corrected chi connectivity index (χ2v) is 5.85. The van der Waals surface area contributed by atoms with E-state index in [0.717, 1.165) is 5.56 Å². The molecule has 0 atom stereocenters. The molecule has 4 aromatic rings. The van der Waals surface area contributed by atoms with Crippen molar-refractivity contribution in [3.05, 3.63) is 106 Å². The number of nitrogens with zero attached hydrogens (tertiary/aromatic N) is 2. The van der Waals surface area contributed by atoms with Crippen LogP contribution in [0.5, 0.6) is 0 Å². The van der Waals surface area contributed by atoms with Gasteiger partial charge in [0.25, 0.3) is 5.56 Å². The standard InChI is InChI=1S/C22H15FN2O/c23-17-9-6-10-18(15-17)25-21(14-13-16-7-2-1-3-8-16)24-20-12-5-4-11-19(20)22(25)26/h1-15H/b14-13+. The Labute approximate surface area is 149 Å². The fourth-order valence-corrected chi connectivity index (χ4v) is 2.86. The summed E-state index contributed by atoms with van der Waals surface area (Å²) in [5.74, 6) is 0.0451. The summed E-state index contributed by atoms with van der Waals surface area (Å²) in [4.78, 5) is 17.6. The highest BCUT2D eigenvalue weighted by molar-refractivity contribution is 5.80.